The van der Waals surface area contributed by atoms with Crippen molar-refractivity contribution < 1.29 is 18.0 Å². The van der Waals surface area contributed by atoms with Crippen LogP contribution in [-0.4, -0.2) is 39.9 Å². The third-order valence-electron chi connectivity index (χ3n) is 4.18. The summed E-state index contributed by atoms with van der Waals surface area (Å²) in [7, 11) is -2.27. The van der Waals surface area contributed by atoms with Gasteiger partial charge in [0.15, 0.2) is 0 Å². The molecule has 2 rings (SSSR count). The van der Waals surface area contributed by atoms with E-state index in [4.69, 9.17) is 0 Å². The summed E-state index contributed by atoms with van der Waals surface area (Å²) in [5.41, 5.74) is 0.813. The fourth-order valence-electron chi connectivity index (χ4n) is 2.46. The minimum Gasteiger partial charge on any atom is -0.354 e. The molecular formula is C20H25N3O4S. The van der Waals surface area contributed by atoms with Crippen LogP contribution in [0.25, 0.3) is 0 Å². The van der Waals surface area contributed by atoms with E-state index in [1.165, 1.54) is 35.6 Å². The zero-order chi connectivity index (χ0) is 20.7. The van der Waals surface area contributed by atoms with Crippen molar-refractivity contribution in [2.45, 2.75) is 31.2 Å². The number of hydrogen-bond acceptors (Lipinski definition) is 4. The molecule has 2 aromatic carbocycles. The quantitative estimate of drug-likeness (QED) is 0.706. The fraction of sp³-hybridized carbons (Fsp3) is 0.300. The number of para-hydroxylation sites is 1. The molecule has 0 saturated carbocycles. The minimum atomic E-state index is -3.74. The van der Waals surface area contributed by atoms with Gasteiger partial charge in [0, 0.05) is 19.2 Å². The number of nitrogens with zero attached hydrogens (tertiary/aromatic N) is 1. The number of benzene rings is 2. The number of carbonyl (C=O) groups excluding carboxylic acids is 2. The zero-order valence-corrected chi connectivity index (χ0v) is 17.0. The number of anilines is 1. The molecule has 8 heteroatoms. The average Bonchev–Trinajstić information content (AvgIpc) is 2.71. The van der Waals surface area contributed by atoms with Crippen LogP contribution in [0.1, 0.15) is 30.6 Å². The average molecular weight is 404 g/mol. The molecule has 2 amide bonds. The van der Waals surface area contributed by atoms with E-state index in [1.54, 1.807) is 37.3 Å². The number of amides is 2. The van der Waals surface area contributed by atoms with Gasteiger partial charge in [-0.05, 0) is 49.7 Å². The predicted octanol–water partition coefficient (Wildman–Crippen LogP) is 2.16. The lowest BCUT2D eigenvalue weighted by molar-refractivity contribution is -0.122. The Balaban J connectivity index is 2.10. The monoisotopic (exact) mass is 403 g/mol. The summed E-state index contributed by atoms with van der Waals surface area (Å²) in [4.78, 5) is 24.2. The molecule has 0 spiro atoms. The van der Waals surface area contributed by atoms with Crippen LogP contribution >= 0.6 is 0 Å². The molecule has 2 N–H and O–H groups in total. The molecule has 0 heterocycles. The number of nitrogens with one attached hydrogen (secondary N) is 2. The maximum Gasteiger partial charge on any atom is 0.264 e. The molecule has 0 aliphatic carbocycles. The van der Waals surface area contributed by atoms with Crippen molar-refractivity contribution in [3.8, 4) is 0 Å². The molecular weight excluding hydrogens is 378 g/mol. The van der Waals surface area contributed by atoms with Crippen molar-refractivity contribution >= 4 is 27.5 Å². The lowest BCUT2D eigenvalue weighted by Gasteiger charge is -2.19. The van der Waals surface area contributed by atoms with Crippen LogP contribution in [0.2, 0.25) is 0 Å². The second kappa shape index (κ2) is 9.36. The first kappa shape index (κ1) is 21.4. The number of rotatable bonds is 8. The summed E-state index contributed by atoms with van der Waals surface area (Å²) in [5, 5.41) is 5.31. The third kappa shape index (κ3) is 5.10. The van der Waals surface area contributed by atoms with Gasteiger partial charge in [-0.15, -0.1) is 0 Å². The standard InChI is InChI=1S/C20H25N3O4S/c1-4-14-21-19(24)15(2)22-20(25)16-10-12-18(13-11-16)28(26,27)23(3)17-8-6-5-7-9-17/h5-13,15H,4,14H2,1-3H3,(H,21,24)(H,22,25)/t15-/m1/s1. The van der Waals surface area contributed by atoms with Gasteiger partial charge in [0.1, 0.15) is 6.04 Å². The lowest BCUT2D eigenvalue weighted by Crippen LogP contribution is -2.45. The van der Waals surface area contributed by atoms with E-state index < -0.39 is 22.0 Å². The van der Waals surface area contributed by atoms with Gasteiger partial charge in [0.2, 0.25) is 5.91 Å². The molecule has 0 aromatic heterocycles. The summed E-state index contributed by atoms with van der Waals surface area (Å²) in [6.45, 7) is 4.07. The van der Waals surface area contributed by atoms with Crippen molar-refractivity contribution in [1.29, 1.82) is 0 Å². The van der Waals surface area contributed by atoms with E-state index in [2.05, 4.69) is 10.6 Å². The topological polar surface area (TPSA) is 95.6 Å². The van der Waals surface area contributed by atoms with Crippen LogP contribution in [0.4, 0.5) is 5.69 Å². The van der Waals surface area contributed by atoms with Crippen LogP contribution < -0.4 is 14.9 Å². The van der Waals surface area contributed by atoms with Gasteiger partial charge in [0.05, 0.1) is 10.6 Å². The Morgan fingerprint density at radius 3 is 2.21 bits per heavy atom. The number of hydrogen-bond donors (Lipinski definition) is 2. The van der Waals surface area contributed by atoms with Gasteiger partial charge >= 0.3 is 0 Å². The molecule has 2 aromatic rings. The Labute approximate surface area is 165 Å². The smallest absolute Gasteiger partial charge is 0.264 e. The van der Waals surface area contributed by atoms with Crippen LogP contribution in [0.3, 0.4) is 0 Å². The maximum absolute atomic E-state index is 12.8. The van der Waals surface area contributed by atoms with Gasteiger partial charge in [-0.3, -0.25) is 13.9 Å². The number of sulfonamides is 1. The van der Waals surface area contributed by atoms with Gasteiger partial charge in [-0.25, -0.2) is 8.42 Å². The molecule has 0 fully saturated rings. The summed E-state index contributed by atoms with van der Waals surface area (Å²) < 4.78 is 26.7. The predicted molar refractivity (Wildman–Crippen MR) is 109 cm³/mol. The zero-order valence-electron chi connectivity index (χ0n) is 16.2. The van der Waals surface area contributed by atoms with Crippen molar-refractivity contribution in [3.05, 3.63) is 60.2 Å². The Kier molecular flexibility index (Phi) is 7.17. The van der Waals surface area contributed by atoms with Crippen LogP contribution in [0, 0.1) is 0 Å². The highest BCUT2D eigenvalue weighted by molar-refractivity contribution is 7.92. The van der Waals surface area contributed by atoms with E-state index in [1.807, 2.05) is 6.92 Å². The van der Waals surface area contributed by atoms with Crippen molar-refractivity contribution in [2.75, 3.05) is 17.9 Å². The van der Waals surface area contributed by atoms with Crippen molar-refractivity contribution in [3.63, 3.8) is 0 Å². The first-order valence-corrected chi connectivity index (χ1v) is 10.4. The Hall–Kier alpha value is -2.87. The van der Waals surface area contributed by atoms with E-state index >= 15 is 0 Å². The molecule has 1 atom stereocenters. The Morgan fingerprint density at radius 2 is 1.64 bits per heavy atom. The number of carbonyl (C=O) groups is 2. The largest absolute Gasteiger partial charge is 0.354 e. The van der Waals surface area contributed by atoms with E-state index in [-0.39, 0.29) is 16.4 Å². The first-order chi connectivity index (χ1) is 13.3. The van der Waals surface area contributed by atoms with Gasteiger partial charge in [-0.1, -0.05) is 25.1 Å². The SMILES string of the molecule is CCCNC(=O)[C@@H](C)NC(=O)c1ccc(S(=O)(=O)N(C)c2ccccc2)cc1. The lowest BCUT2D eigenvalue weighted by atomic mass is 10.2. The molecule has 0 saturated heterocycles. The van der Waals surface area contributed by atoms with Crippen LogP contribution in [-0.2, 0) is 14.8 Å². The van der Waals surface area contributed by atoms with Gasteiger partial charge < -0.3 is 10.6 Å². The molecule has 0 radical (unpaired) electrons. The first-order valence-electron chi connectivity index (χ1n) is 9.00. The normalized spacial score (nSPS) is 12.1. The summed E-state index contributed by atoms with van der Waals surface area (Å²) >= 11 is 0. The molecule has 7 nitrogen and oxygen atoms in total. The molecule has 150 valence electrons. The van der Waals surface area contributed by atoms with Gasteiger partial charge in [-0.2, -0.15) is 0 Å². The highest BCUT2D eigenvalue weighted by Gasteiger charge is 2.22. The fourth-order valence-corrected chi connectivity index (χ4v) is 3.66. The minimum absolute atomic E-state index is 0.0733. The van der Waals surface area contributed by atoms with E-state index in [9.17, 15) is 18.0 Å². The second-order valence-electron chi connectivity index (χ2n) is 6.32. The maximum atomic E-state index is 12.8. The van der Waals surface area contributed by atoms with Gasteiger partial charge in [0.25, 0.3) is 15.9 Å². The summed E-state index contributed by atoms with van der Waals surface area (Å²) in [6, 6.07) is 13.6. The molecule has 28 heavy (non-hydrogen) atoms. The molecule has 0 unspecified atom stereocenters. The molecule has 0 aliphatic heterocycles. The second-order valence-corrected chi connectivity index (χ2v) is 8.29. The Bertz CT molecular complexity index is 912. The summed E-state index contributed by atoms with van der Waals surface area (Å²) in [6.07, 6.45) is 0.805. The van der Waals surface area contributed by atoms with E-state index in [0.717, 1.165) is 6.42 Å². The van der Waals surface area contributed by atoms with Crippen molar-refractivity contribution in [1.82, 2.24) is 10.6 Å². The highest BCUT2D eigenvalue weighted by atomic mass is 32.2. The van der Waals surface area contributed by atoms with Crippen LogP contribution in [0.5, 0.6) is 0 Å². The van der Waals surface area contributed by atoms with Crippen molar-refractivity contribution in [2.24, 2.45) is 0 Å². The Morgan fingerprint density at radius 1 is 1.04 bits per heavy atom. The molecule has 0 bridgehead atoms. The van der Waals surface area contributed by atoms with E-state index in [0.29, 0.717) is 12.2 Å². The summed E-state index contributed by atoms with van der Waals surface area (Å²) in [5.74, 6) is -0.710. The van der Waals surface area contributed by atoms with Crippen LogP contribution in [0.15, 0.2) is 59.5 Å². The molecule has 0 aliphatic rings. The highest BCUT2D eigenvalue weighted by Crippen LogP contribution is 2.21. The third-order valence-corrected chi connectivity index (χ3v) is 5.98.